The molecule has 0 heteroatoms. The van der Waals surface area contributed by atoms with E-state index in [1.165, 1.54) is 6.42 Å². The second kappa shape index (κ2) is 2.90. The summed E-state index contributed by atoms with van der Waals surface area (Å²) in [5.41, 5.74) is 3.86. The molecular weight excluding hydrogens is 144 g/mol. The summed E-state index contributed by atoms with van der Waals surface area (Å²) < 4.78 is 0. The molecule has 0 radical (unpaired) electrons. The van der Waals surface area contributed by atoms with Crippen LogP contribution in [0.5, 0.6) is 0 Å². The van der Waals surface area contributed by atoms with Crippen molar-refractivity contribution in [2.45, 2.75) is 48.0 Å². The molecule has 0 aliphatic heterocycles. The molecule has 1 atom stereocenters. The fourth-order valence-electron chi connectivity index (χ4n) is 1.80. The van der Waals surface area contributed by atoms with Crippen LogP contribution in [0.1, 0.15) is 48.0 Å². The smallest absolute Gasteiger partial charge is 0.0114 e. The number of allylic oxidation sites excluding steroid dienone is 2. The van der Waals surface area contributed by atoms with Gasteiger partial charge in [0, 0.05) is 0 Å². The number of hydrogen-bond acceptors (Lipinski definition) is 0. The molecule has 1 rings (SSSR count). The third-order valence-electron chi connectivity index (χ3n) is 3.10. The molecule has 0 aromatic heterocycles. The van der Waals surface area contributed by atoms with E-state index in [0.717, 1.165) is 11.8 Å². The Hall–Kier alpha value is -0.260. The van der Waals surface area contributed by atoms with E-state index in [4.69, 9.17) is 0 Å². The fraction of sp³-hybridized carbons (Fsp3) is 0.833. The first-order chi connectivity index (χ1) is 5.34. The largest absolute Gasteiger partial charge is 0.0712 e. The Balaban J connectivity index is 2.69. The third-order valence-corrected chi connectivity index (χ3v) is 3.10. The first kappa shape index (κ1) is 9.83. The monoisotopic (exact) mass is 166 g/mol. The molecule has 0 aromatic rings. The highest BCUT2D eigenvalue weighted by Gasteiger charge is 2.40. The van der Waals surface area contributed by atoms with Crippen molar-refractivity contribution >= 4 is 0 Å². The summed E-state index contributed by atoms with van der Waals surface area (Å²) in [7, 11) is 0. The SMILES string of the molecule is C/C(=C1/CC1C(C)(C)C)C(C)C. The summed E-state index contributed by atoms with van der Waals surface area (Å²) in [5.74, 6) is 1.62. The maximum Gasteiger partial charge on any atom is -0.0114 e. The van der Waals surface area contributed by atoms with Gasteiger partial charge in [0.15, 0.2) is 0 Å². The molecule has 12 heavy (non-hydrogen) atoms. The highest BCUT2D eigenvalue weighted by molar-refractivity contribution is 5.32. The van der Waals surface area contributed by atoms with Crippen LogP contribution in [0.3, 0.4) is 0 Å². The van der Waals surface area contributed by atoms with Gasteiger partial charge >= 0.3 is 0 Å². The summed E-state index contributed by atoms with van der Waals surface area (Å²) in [6.45, 7) is 13.9. The van der Waals surface area contributed by atoms with Crippen LogP contribution in [0.15, 0.2) is 11.1 Å². The molecule has 1 saturated carbocycles. The fourth-order valence-corrected chi connectivity index (χ4v) is 1.80. The van der Waals surface area contributed by atoms with Gasteiger partial charge in [0.05, 0.1) is 0 Å². The van der Waals surface area contributed by atoms with Crippen LogP contribution in [0.25, 0.3) is 0 Å². The van der Waals surface area contributed by atoms with E-state index in [0.29, 0.717) is 5.41 Å². The summed E-state index contributed by atoms with van der Waals surface area (Å²) in [5, 5.41) is 0. The quantitative estimate of drug-likeness (QED) is 0.516. The van der Waals surface area contributed by atoms with Gasteiger partial charge in [0.2, 0.25) is 0 Å². The molecule has 0 saturated heterocycles. The molecule has 0 bridgehead atoms. The lowest BCUT2D eigenvalue weighted by Gasteiger charge is -2.17. The Morgan fingerprint density at radius 2 is 1.83 bits per heavy atom. The lowest BCUT2D eigenvalue weighted by molar-refractivity contribution is 0.362. The maximum atomic E-state index is 2.35. The molecule has 1 aliphatic rings. The second-order valence-electron chi connectivity index (χ2n) is 5.49. The Morgan fingerprint density at radius 3 is 2.08 bits per heavy atom. The van der Waals surface area contributed by atoms with Crippen molar-refractivity contribution in [2.24, 2.45) is 17.3 Å². The van der Waals surface area contributed by atoms with Crippen molar-refractivity contribution in [1.82, 2.24) is 0 Å². The molecule has 0 amide bonds. The first-order valence-corrected chi connectivity index (χ1v) is 5.03. The van der Waals surface area contributed by atoms with Crippen molar-refractivity contribution in [2.75, 3.05) is 0 Å². The van der Waals surface area contributed by atoms with Crippen molar-refractivity contribution in [3.8, 4) is 0 Å². The lowest BCUT2D eigenvalue weighted by Crippen LogP contribution is -2.07. The molecule has 1 unspecified atom stereocenters. The minimum Gasteiger partial charge on any atom is -0.0712 e. The number of rotatable bonds is 1. The zero-order chi connectivity index (χ0) is 9.52. The van der Waals surface area contributed by atoms with E-state index in [9.17, 15) is 0 Å². The Labute approximate surface area is 77.1 Å². The van der Waals surface area contributed by atoms with E-state index in [1.807, 2.05) is 0 Å². The summed E-state index contributed by atoms with van der Waals surface area (Å²) in [6.07, 6.45) is 1.35. The van der Waals surface area contributed by atoms with E-state index < -0.39 is 0 Å². The van der Waals surface area contributed by atoms with Crippen LogP contribution in [0.4, 0.5) is 0 Å². The predicted octanol–water partition coefficient (Wildman–Crippen LogP) is 4.02. The van der Waals surface area contributed by atoms with Gasteiger partial charge in [-0.1, -0.05) is 45.8 Å². The summed E-state index contributed by atoms with van der Waals surface area (Å²) >= 11 is 0. The summed E-state index contributed by atoms with van der Waals surface area (Å²) in [4.78, 5) is 0. The van der Waals surface area contributed by atoms with Gasteiger partial charge in [-0.25, -0.2) is 0 Å². The van der Waals surface area contributed by atoms with Crippen molar-refractivity contribution in [3.05, 3.63) is 11.1 Å². The molecule has 1 fully saturated rings. The maximum absolute atomic E-state index is 2.35. The van der Waals surface area contributed by atoms with E-state index in [2.05, 4.69) is 41.5 Å². The normalized spacial score (nSPS) is 27.8. The summed E-state index contributed by atoms with van der Waals surface area (Å²) in [6, 6.07) is 0. The van der Waals surface area contributed by atoms with Crippen molar-refractivity contribution < 1.29 is 0 Å². The van der Waals surface area contributed by atoms with E-state index >= 15 is 0 Å². The minimum absolute atomic E-state index is 0.492. The van der Waals surface area contributed by atoms with Gasteiger partial charge in [0.1, 0.15) is 0 Å². The van der Waals surface area contributed by atoms with Crippen LogP contribution >= 0.6 is 0 Å². The zero-order valence-corrected chi connectivity index (χ0v) is 9.36. The van der Waals surface area contributed by atoms with Crippen LogP contribution in [-0.2, 0) is 0 Å². The molecule has 0 N–H and O–H groups in total. The Morgan fingerprint density at radius 1 is 1.33 bits per heavy atom. The standard InChI is InChI=1S/C12H22/c1-8(2)9(3)10-7-11(10)12(4,5)6/h8,11H,7H2,1-6H3/b10-9+. The second-order valence-corrected chi connectivity index (χ2v) is 5.49. The van der Waals surface area contributed by atoms with Crippen molar-refractivity contribution in [1.29, 1.82) is 0 Å². The van der Waals surface area contributed by atoms with E-state index in [1.54, 1.807) is 11.1 Å². The highest BCUT2D eigenvalue weighted by Crippen LogP contribution is 2.52. The zero-order valence-electron chi connectivity index (χ0n) is 9.36. The van der Waals surface area contributed by atoms with Gasteiger partial charge in [-0.15, -0.1) is 0 Å². The Kier molecular flexibility index (Phi) is 2.38. The van der Waals surface area contributed by atoms with Gasteiger partial charge in [-0.3, -0.25) is 0 Å². The predicted molar refractivity (Wildman–Crippen MR) is 55.1 cm³/mol. The highest BCUT2D eigenvalue weighted by atomic mass is 14.5. The Bertz CT molecular complexity index is 201. The van der Waals surface area contributed by atoms with Gasteiger partial charge < -0.3 is 0 Å². The van der Waals surface area contributed by atoms with Crippen molar-refractivity contribution in [3.63, 3.8) is 0 Å². The van der Waals surface area contributed by atoms with Gasteiger partial charge in [-0.05, 0) is 30.6 Å². The molecule has 0 heterocycles. The lowest BCUT2D eigenvalue weighted by atomic mass is 9.88. The minimum atomic E-state index is 0.492. The molecule has 1 aliphatic carbocycles. The third kappa shape index (κ3) is 1.91. The van der Waals surface area contributed by atoms with Gasteiger partial charge in [0.25, 0.3) is 0 Å². The first-order valence-electron chi connectivity index (χ1n) is 5.03. The molecule has 70 valence electrons. The van der Waals surface area contributed by atoms with E-state index in [-0.39, 0.29) is 0 Å². The number of hydrogen-bond donors (Lipinski definition) is 0. The van der Waals surface area contributed by atoms with Crippen LogP contribution in [0.2, 0.25) is 0 Å². The van der Waals surface area contributed by atoms with Crippen LogP contribution in [0, 0.1) is 17.3 Å². The average molecular weight is 166 g/mol. The molecule has 0 aromatic carbocycles. The van der Waals surface area contributed by atoms with Crippen LogP contribution in [-0.4, -0.2) is 0 Å². The average Bonchev–Trinajstić information content (AvgIpc) is 2.61. The molecule has 0 nitrogen and oxygen atoms in total. The van der Waals surface area contributed by atoms with Crippen LogP contribution < -0.4 is 0 Å². The van der Waals surface area contributed by atoms with Gasteiger partial charge in [-0.2, -0.15) is 0 Å². The topological polar surface area (TPSA) is 0 Å². The molecular formula is C12H22. The molecule has 0 spiro atoms.